The fraction of sp³-hybridized carbons (Fsp3) is 0.120. The summed E-state index contributed by atoms with van der Waals surface area (Å²) in [5.41, 5.74) is 1.63. The number of fused-ring (bicyclic) bond motifs is 3. The number of para-hydroxylation sites is 2. The van der Waals surface area contributed by atoms with Crippen LogP contribution in [0.3, 0.4) is 0 Å². The minimum atomic E-state index is -1.81. The van der Waals surface area contributed by atoms with Crippen molar-refractivity contribution in [1.29, 1.82) is 0 Å². The summed E-state index contributed by atoms with van der Waals surface area (Å²) in [4.78, 5) is 19.8. The lowest BCUT2D eigenvalue weighted by Gasteiger charge is -2.24. The Bertz CT molecular complexity index is 1350. The SMILES string of the molecule is O=C1N(Cc2cccc3cccnc23)c2ccccc2C1(O)c1ccc2c(c1)OCO2. The second-order valence-electron chi connectivity index (χ2n) is 7.68. The minimum absolute atomic E-state index is 0.127. The van der Waals surface area contributed by atoms with E-state index in [9.17, 15) is 9.90 Å². The molecule has 0 saturated carbocycles. The highest BCUT2D eigenvalue weighted by atomic mass is 16.7. The van der Waals surface area contributed by atoms with Gasteiger partial charge in [-0.05, 0) is 29.8 Å². The number of amides is 1. The summed E-state index contributed by atoms with van der Waals surface area (Å²) in [6.45, 7) is 0.430. The highest BCUT2D eigenvalue weighted by Crippen LogP contribution is 2.47. The molecule has 0 fully saturated rings. The number of rotatable bonds is 3. The third-order valence-electron chi connectivity index (χ3n) is 5.97. The zero-order chi connectivity index (χ0) is 21.0. The Morgan fingerprint density at radius 2 is 1.81 bits per heavy atom. The van der Waals surface area contributed by atoms with Gasteiger partial charge in [0.1, 0.15) is 0 Å². The summed E-state index contributed by atoms with van der Waals surface area (Å²) in [6.07, 6.45) is 1.74. The predicted molar refractivity (Wildman–Crippen MR) is 115 cm³/mol. The van der Waals surface area contributed by atoms with Gasteiger partial charge >= 0.3 is 0 Å². The van der Waals surface area contributed by atoms with Crippen molar-refractivity contribution in [3.8, 4) is 11.5 Å². The number of hydrogen-bond acceptors (Lipinski definition) is 5. The number of aromatic nitrogens is 1. The molecule has 0 saturated heterocycles. The predicted octanol–water partition coefficient (Wildman–Crippen LogP) is 3.75. The van der Waals surface area contributed by atoms with Crippen molar-refractivity contribution in [2.75, 3.05) is 11.7 Å². The number of anilines is 1. The summed E-state index contributed by atoms with van der Waals surface area (Å²) >= 11 is 0. The van der Waals surface area contributed by atoms with Crippen LogP contribution in [0.4, 0.5) is 5.69 Å². The van der Waals surface area contributed by atoms with Gasteiger partial charge in [0.25, 0.3) is 5.91 Å². The van der Waals surface area contributed by atoms with Crippen LogP contribution < -0.4 is 14.4 Å². The molecule has 0 bridgehead atoms. The van der Waals surface area contributed by atoms with Gasteiger partial charge in [-0.25, -0.2) is 0 Å². The fourth-order valence-electron chi connectivity index (χ4n) is 4.46. The first-order valence-corrected chi connectivity index (χ1v) is 10.0. The van der Waals surface area contributed by atoms with E-state index in [0.29, 0.717) is 34.9 Å². The molecule has 1 unspecified atom stereocenters. The number of carbonyl (C=O) groups is 1. The van der Waals surface area contributed by atoms with Gasteiger partial charge in [-0.2, -0.15) is 0 Å². The van der Waals surface area contributed by atoms with Crippen LogP contribution in [0.2, 0.25) is 0 Å². The molecule has 152 valence electrons. The van der Waals surface area contributed by atoms with E-state index in [1.807, 2.05) is 48.5 Å². The Kier molecular flexibility index (Phi) is 3.79. The molecule has 6 rings (SSSR count). The normalized spacial score (nSPS) is 19.1. The van der Waals surface area contributed by atoms with Crippen molar-refractivity contribution < 1.29 is 19.4 Å². The third kappa shape index (κ3) is 2.55. The molecule has 3 aromatic carbocycles. The smallest absolute Gasteiger partial charge is 0.268 e. The van der Waals surface area contributed by atoms with Gasteiger partial charge < -0.3 is 19.5 Å². The van der Waals surface area contributed by atoms with Gasteiger partial charge in [-0.1, -0.05) is 48.5 Å². The van der Waals surface area contributed by atoms with Crippen LogP contribution in [-0.2, 0) is 16.9 Å². The number of nitrogens with zero attached hydrogens (tertiary/aromatic N) is 2. The zero-order valence-corrected chi connectivity index (χ0v) is 16.5. The Labute approximate surface area is 178 Å². The highest BCUT2D eigenvalue weighted by Gasteiger charge is 2.51. The maximum absolute atomic E-state index is 13.7. The highest BCUT2D eigenvalue weighted by molar-refractivity contribution is 6.09. The molecule has 6 heteroatoms. The van der Waals surface area contributed by atoms with Crippen LogP contribution in [0.5, 0.6) is 11.5 Å². The van der Waals surface area contributed by atoms with Crippen LogP contribution in [0.15, 0.2) is 79.0 Å². The molecule has 31 heavy (non-hydrogen) atoms. The first-order chi connectivity index (χ1) is 15.2. The largest absolute Gasteiger partial charge is 0.454 e. The Balaban J connectivity index is 1.47. The van der Waals surface area contributed by atoms with Crippen molar-refractivity contribution in [1.82, 2.24) is 4.98 Å². The van der Waals surface area contributed by atoms with Crippen molar-refractivity contribution in [3.05, 3.63) is 95.7 Å². The summed E-state index contributed by atoms with van der Waals surface area (Å²) in [7, 11) is 0. The second kappa shape index (κ2) is 6.55. The molecule has 0 radical (unpaired) electrons. The van der Waals surface area contributed by atoms with Crippen molar-refractivity contribution in [2.24, 2.45) is 0 Å². The van der Waals surface area contributed by atoms with Gasteiger partial charge in [0.2, 0.25) is 6.79 Å². The molecule has 3 heterocycles. The third-order valence-corrected chi connectivity index (χ3v) is 5.97. The lowest BCUT2D eigenvalue weighted by atomic mass is 9.87. The molecule has 1 aromatic heterocycles. The standard InChI is InChI=1S/C25H18N2O4/c28-24-25(29,18-10-11-21-22(13-18)31-15-30-21)19-8-1-2-9-20(19)27(24)14-17-6-3-5-16-7-4-12-26-23(16)17/h1-13,29H,14-15H2. The average molecular weight is 410 g/mol. The number of hydrogen-bond donors (Lipinski definition) is 1. The lowest BCUT2D eigenvalue weighted by molar-refractivity contribution is -0.132. The summed E-state index contributed by atoms with van der Waals surface area (Å²) in [5, 5.41) is 12.8. The van der Waals surface area contributed by atoms with Crippen molar-refractivity contribution in [3.63, 3.8) is 0 Å². The summed E-state index contributed by atoms with van der Waals surface area (Å²) in [6, 6.07) is 22.3. The Morgan fingerprint density at radius 3 is 2.74 bits per heavy atom. The van der Waals surface area contributed by atoms with Gasteiger partial charge in [-0.3, -0.25) is 9.78 Å². The number of ether oxygens (including phenoxy) is 2. The maximum atomic E-state index is 13.7. The molecule has 2 aliphatic heterocycles. The van der Waals surface area contributed by atoms with Crippen LogP contribution in [0, 0.1) is 0 Å². The van der Waals surface area contributed by atoms with Gasteiger partial charge in [-0.15, -0.1) is 0 Å². The zero-order valence-electron chi connectivity index (χ0n) is 16.5. The van der Waals surface area contributed by atoms with Gasteiger partial charge in [0, 0.05) is 22.7 Å². The summed E-state index contributed by atoms with van der Waals surface area (Å²) < 4.78 is 10.9. The van der Waals surface area contributed by atoms with E-state index in [-0.39, 0.29) is 6.79 Å². The topological polar surface area (TPSA) is 71.9 Å². The molecular formula is C25H18N2O4. The molecule has 2 aliphatic rings. The second-order valence-corrected chi connectivity index (χ2v) is 7.68. The first kappa shape index (κ1) is 17.9. The molecule has 6 nitrogen and oxygen atoms in total. The van der Waals surface area contributed by atoms with E-state index in [1.165, 1.54) is 0 Å². The number of pyridine rings is 1. The first-order valence-electron chi connectivity index (χ1n) is 10.0. The molecular weight excluding hydrogens is 392 g/mol. The van der Waals surface area contributed by atoms with Crippen molar-refractivity contribution >= 4 is 22.5 Å². The number of aliphatic hydroxyl groups is 1. The fourth-order valence-corrected chi connectivity index (χ4v) is 4.46. The maximum Gasteiger partial charge on any atom is 0.268 e. The molecule has 1 amide bonds. The number of benzene rings is 3. The van der Waals surface area contributed by atoms with E-state index in [1.54, 1.807) is 35.4 Å². The molecule has 0 aliphatic carbocycles. The average Bonchev–Trinajstić information content (AvgIpc) is 3.37. The van der Waals surface area contributed by atoms with Gasteiger partial charge in [0.15, 0.2) is 17.1 Å². The van der Waals surface area contributed by atoms with E-state index >= 15 is 0 Å². The van der Waals surface area contributed by atoms with Crippen LogP contribution in [0.1, 0.15) is 16.7 Å². The van der Waals surface area contributed by atoms with E-state index in [0.717, 1.165) is 16.5 Å². The Morgan fingerprint density at radius 1 is 0.968 bits per heavy atom. The minimum Gasteiger partial charge on any atom is -0.454 e. The van der Waals surface area contributed by atoms with E-state index in [4.69, 9.17) is 9.47 Å². The molecule has 4 aromatic rings. The van der Waals surface area contributed by atoms with Crippen molar-refractivity contribution in [2.45, 2.75) is 12.1 Å². The van der Waals surface area contributed by atoms with Crippen LogP contribution in [-0.4, -0.2) is 22.8 Å². The quantitative estimate of drug-likeness (QED) is 0.557. The lowest BCUT2D eigenvalue weighted by Crippen LogP contribution is -2.40. The Hall–Kier alpha value is -3.90. The molecule has 1 N–H and O–H groups in total. The summed E-state index contributed by atoms with van der Waals surface area (Å²) in [5.74, 6) is 0.721. The van der Waals surface area contributed by atoms with Crippen LogP contribution >= 0.6 is 0 Å². The van der Waals surface area contributed by atoms with Gasteiger partial charge in [0.05, 0.1) is 17.7 Å². The van der Waals surface area contributed by atoms with E-state index in [2.05, 4.69) is 4.98 Å². The molecule has 0 spiro atoms. The monoisotopic (exact) mass is 410 g/mol. The molecule has 1 atom stereocenters. The van der Waals surface area contributed by atoms with E-state index < -0.39 is 11.5 Å². The number of carbonyl (C=O) groups excluding carboxylic acids is 1. The van der Waals surface area contributed by atoms with Crippen LogP contribution in [0.25, 0.3) is 10.9 Å².